The van der Waals surface area contributed by atoms with Crippen LogP contribution < -0.4 is 4.74 Å². The lowest BCUT2D eigenvalue weighted by Crippen LogP contribution is -2.20. The van der Waals surface area contributed by atoms with Gasteiger partial charge < -0.3 is 14.7 Å². The normalized spacial score (nSPS) is 12.8. The summed E-state index contributed by atoms with van der Waals surface area (Å²) >= 11 is 0. The predicted octanol–water partition coefficient (Wildman–Crippen LogP) is 2.29. The van der Waals surface area contributed by atoms with Gasteiger partial charge in [-0.3, -0.25) is 0 Å². The highest BCUT2D eigenvalue weighted by Gasteiger charge is 2.05. The maximum Gasteiger partial charge on any atom is 0.123 e. The summed E-state index contributed by atoms with van der Waals surface area (Å²) in [4.78, 5) is 2.25. The van der Waals surface area contributed by atoms with Crippen LogP contribution in [0.3, 0.4) is 0 Å². The van der Waals surface area contributed by atoms with E-state index >= 15 is 0 Å². The molecule has 0 heterocycles. The molecule has 0 radical (unpaired) electrons. The Morgan fingerprint density at radius 1 is 1.35 bits per heavy atom. The van der Waals surface area contributed by atoms with Gasteiger partial charge in [0.05, 0.1) is 13.2 Å². The molecule has 96 valence electrons. The SMILES string of the molecule is COc1ccccc1CN(C)CCCC(C)O. The maximum absolute atomic E-state index is 9.20. The van der Waals surface area contributed by atoms with Crippen LogP contribution in [0, 0.1) is 0 Å². The van der Waals surface area contributed by atoms with Crippen molar-refractivity contribution in [3.63, 3.8) is 0 Å². The summed E-state index contributed by atoms with van der Waals surface area (Å²) in [5.74, 6) is 0.940. The van der Waals surface area contributed by atoms with Crippen molar-refractivity contribution in [1.29, 1.82) is 0 Å². The molecule has 0 aliphatic rings. The van der Waals surface area contributed by atoms with E-state index in [1.165, 1.54) is 5.56 Å². The van der Waals surface area contributed by atoms with Crippen LogP contribution in [0.1, 0.15) is 25.3 Å². The number of methoxy groups -OCH3 is 1. The van der Waals surface area contributed by atoms with Crippen molar-refractivity contribution in [2.24, 2.45) is 0 Å². The highest BCUT2D eigenvalue weighted by Crippen LogP contribution is 2.18. The highest BCUT2D eigenvalue weighted by molar-refractivity contribution is 5.32. The molecule has 0 aliphatic heterocycles. The molecule has 3 nitrogen and oxygen atoms in total. The second-order valence-corrected chi connectivity index (χ2v) is 4.54. The molecule has 0 aliphatic carbocycles. The van der Waals surface area contributed by atoms with Gasteiger partial charge in [-0.25, -0.2) is 0 Å². The van der Waals surface area contributed by atoms with Gasteiger partial charge in [0.25, 0.3) is 0 Å². The summed E-state index contributed by atoms with van der Waals surface area (Å²) in [5, 5.41) is 9.20. The van der Waals surface area contributed by atoms with Crippen LogP contribution in [0.25, 0.3) is 0 Å². The Morgan fingerprint density at radius 3 is 2.71 bits per heavy atom. The van der Waals surface area contributed by atoms with Crippen molar-refractivity contribution >= 4 is 0 Å². The third-order valence-electron chi connectivity index (χ3n) is 2.79. The zero-order valence-corrected chi connectivity index (χ0v) is 11.0. The summed E-state index contributed by atoms with van der Waals surface area (Å²) in [6, 6.07) is 8.08. The first kappa shape index (κ1) is 14.0. The summed E-state index contributed by atoms with van der Waals surface area (Å²) in [6.07, 6.45) is 1.68. The van der Waals surface area contributed by atoms with Crippen LogP contribution in [0.2, 0.25) is 0 Å². The van der Waals surface area contributed by atoms with Crippen molar-refractivity contribution in [2.75, 3.05) is 20.7 Å². The molecule has 0 fully saturated rings. The Bertz CT molecular complexity index is 326. The largest absolute Gasteiger partial charge is 0.496 e. The molecule has 3 heteroatoms. The number of hydrogen-bond donors (Lipinski definition) is 1. The number of benzene rings is 1. The second kappa shape index (κ2) is 7.30. The molecule has 0 bridgehead atoms. The minimum atomic E-state index is -0.199. The minimum Gasteiger partial charge on any atom is -0.496 e. The lowest BCUT2D eigenvalue weighted by atomic mass is 10.1. The van der Waals surface area contributed by atoms with Crippen LogP contribution in [-0.4, -0.2) is 36.8 Å². The first-order valence-corrected chi connectivity index (χ1v) is 6.12. The fourth-order valence-corrected chi connectivity index (χ4v) is 1.86. The predicted molar refractivity (Wildman–Crippen MR) is 70.2 cm³/mol. The molecule has 1 atom stereocenters. The van der Waals surface area contributed by atoms with E-state index in [1.54, 1.807) is 7.11 Å². The Hall–Kier alpha value is -1.06. The molecule has 17 heavy (non-hydrogen) atoms. The Kier molecular flexibility index (Phi) is 6.01. The molecule has 0 saturated heterocycles. The van der Waals surface area contributed by atoms with Gasteiger partial charge in [-0.05, 0) is 39.4 Å². The third-order valence-corrected chi connectivity index (χ3v) is 2.79. The number of hydrogen-bond acceptors (Lipinski definition) is 3. The van der Waals surface area contributed by atoms with Gasteiger partial charge in [0.2, 0.25) is 0 Å². The maximum atomic E-state index is 9.20. The Balaban J connectivity index is 2.41. The highest BCUT2D eigenvalue weighted by atomic mass is 16.5. The lowest BCUT2D eigenvalue weighted by Gasteiger charge is -2.18. The number of aliphatic hydroxyl groups is 1. The van der Waals surface area contributed by atoms with E-state index in [4.69, 9.17) is 4.74 Å². The third kappa shape index (κ3) is 5.20. The van der Waals surface area contributed by atoms with Gasteiger partial charge >= 0.3 is 0 Å². The van der Waals surface area contributed by atoms with Crippen LogP contribution in [0.5, 0.6) is 5.75 Å². The number of para-hydroxylation sites is 1. The first-order chi connectivity index (χ1) is 8.13. The molecular formula is C14H23NO2. The van der Waals surface area contributed by atoms with E-state index in [9.17, 15) is 5.11 Å². The number of ether oxygens (including phenoxy) is 1. The van der Waals surface area contributed by atoms with Crippen molar-refractivity contribution in [1.82, 2.24) is 4.90 Å². The second-order valence-electron chi connectivity index (χ2n) is 4.54. The van der Waals surface area contributed by atoms with E-state index in [0.29, 0.717) is 0 Å². The number of aliphatic hydroxyl groups excluding tert-OH is 1. The standard InChI is InChI=1S/C14H23NO2/c1-12(16)7-6-10-15(2)11-13-8-4-5-9-14(13)17-3/h4-5,8-9,12,16H,6-7,10-11H2,1-3H3. The minimum absolute atomic E-state index is 0.199. The summed E-state index contributed by atoms with van der Waals surface area (Å²) in [7, 11) is 3.79. The summed E-state index contributed by atoms with van der Waals surface area (Å²) < 4.78 is 5.32. The molecule has 1 N–H and O–H groups in total. The Morgan fingerprint density at radius 2 is 2.06 bits per heavy atom. The summed E-state index contributed by atoms with van der Waals surface area (Å²) in [6.45, 7) is 3.70. The average Bonchev–Trinajstić information content (AvgIpc) is 2.29. The average molecular weight is 237 g/mol. The zero-order valence-electron chi connectivity index (χ0n) is 11.0. The van der Waals surface area contributed by atoms with Gasteiger partial charge in [-0.2, -0.15) is 0 Å². The molecule has 0 saturated carbocycles. The number of nitrogens with zero attached hydrogens (tertiary/aromatic N) is 1. The van der Waals surface area contributed by atoms with Gasteiger partial charge in [-0.1, -0.05) is 18.2 Å². The van der Waals surface area contributed by atoms with Gasteiger partial charge in [0.1, 0.15) is 5.75 Å². The molecule has 1 aromatic rings. The van der Waals surface area contributed by atoms with Crippen LogP contribution >= 0.6 is 0 Å². The summed E-state index contributed by atoms with van der Waals surface area (Å²) in [5.41, 5.74) is 1.20. The fourth-order valence-electron chi connectivity index (χ4n) is 1.86. The molecule has 0 amide bonds. The topological polar surface area (TPSA) is 32.7 Å². The quantitative estimate of drug-likeness (QED) is 0.789. The van der Waals surface area contributed by atoms with Crippen molar-refractivity contribution < 1.29 is 9.84 Å². The smallest absolute Gasteiger partial charge is 0.123 e. The van der Waals surface area contributed by atoms with E-state index in [-0.39, 0.29) is 6.10 Å². The van der Waals surface area contributed by atoms with Gasteiger partial charge in [-0.15, -0.1) is 0 Å². The van der Waals surface area contributed by atoms with E-state index in [2.05, 4.69) is 18.0 Å². The zero-order chi connectivity index (χ0) is 12.7. The van der Waals surface area contributed by atoms with Crippen LogP contribution in [-0.2, 0) is 6.54 Å². The van der Waals surface area contributed by atoms with Crippen molar-refractivity contribution in [3.05, 3.63) is 29.8 Å². The molecular weight excluding hydrogens is 214 g/mol. The molecule has 0 aromatic heterocycles. The van der Waals surface area contributed by atoms with E-state index in [0.717, 1.165) is 31.7 Å². The van der Waals surface area contributed by atoms with E-state index < -0.39 is 0 Å². The van der Waals surface area contributed by atoms with Gasteiger partial charge in [0, 0.05) is 12.1 Å². The number of rotatable bonds is 7. The Labute approximate surface area is 104 Å². The molecule has 0 spiro atoms. The first-order valence-electron chi connectivity index (χ1n) is 6.12. The van der Waals surface area contributed by atoms with Crippen molar-refractivity contribution in [3.8, 4) is 5.75 Å². The van der Waals surface area contributed by atoms with E-state index in [1.807, 2.05) is 25.1 Å². The monoisotopic (exact) mass is 237 g/mol. The van der Waals surface area contributed by atoms with Crippen molar-refractivity contribution in [2.45, 2.75) is 32.4 Å². The van der Waals surface area contributed by atoms with Gasteiger partial charge in [0.15, 0.2) is 0 Å². The fraction of sp³-hybridized carbons (Fsp3) is 0.571. The van der Waals surface area contributed by atoms with Crippen LogP contribution in [0.4, 0.5) is 0 Å². The molecule has 1 rings (SSSR count). The molecule has 1 aromatic carbocycles. The molecule has 1 unspecified atom stereocenters. The van der Waals surface area contributed by atoms with Crippen LogP contribution in [0.15, 0.2) is 24.3 Å². The lowest BCUT2D eigenvalue weighted by molar-refractivity contribution is 0.173.